The van der Waals surface area contributed by atoms with Crippen molar-refractivity contribution in [3.05, 3.63) is 34.0 Å². The monoisotopic (exact) mass is 406 g/mol. The fourth-order valence-corrected chi connectivity index (χ4v) is 2.36. The first-order chi connectivity index (χ1) is 9.19. The van der Waals surface area contributed by atoms with Crippen molar-refractivity contribution in [3.63, 3.8) is 0 Å². The zero-order valence-electron chi connectivity index (χ0n) is 11.8. The molecule has 0 radical (unpaired) electrons. The van der Waals surface area contributed by atoms with Crippen LogP contribution in [-0.4, -0.2) is 27.8 Å². The Hall–Kier alpha value is -1.16. The SMILES string of the molecule is CN=C(NCc1cnc(C)s1)NCc1ccnn1C.I. The minimum atomic E-state index is 0. The zero-order valence-corrected chi connectivity index (χ0v) is 14.9. The second-order valence-electron chi connectivity index (χ2n) is 4.07. The maximum atomic E-state index is 4.23. The summed E-state index contributed by atoms with van der Waals surface area (Å²) < 4.78 is 1.84. The quantitative estimate of drug-likeness (QED) is 0.461. The lowest BCUT2D eigenvalue weighted by Gasteiger charge is -2.11. The minimum Gasteiger partial charge on any atom is -0.351 e. The van der Waals surface area contributed by atoms with Gasteiger partial charge in [-0.1, -0.05) is 0 Å². The van der Waals surface area contributed by atoms with E-state index in [4.69, 9.17) is 0 Å². The second kappa shape index (κ2) is 8.20. The molecule has 0 fully saturated rings. The van der Waals surface area contributed by atoms with Crippen molar-refractivity contribution in [1.29, 1.82) is 0 Å². The third-order valence-electron chi connectivity index (χ3n) is 2.68. The first kappa shape index (κ1) is 16.9. The van der Waals surface area contributed by atoms with Gasteiger partial charge in [0, 0.05) is 31.4 Å². The molecule has 0 amide bonds. The van der Waals surface area contributed by atoms with Crippen molar-refractivity contribution >= 4 is 41.3 Å². The number of guanidine groups is 1. The van der Waals surface area contributed by atoms with E-state index < -0.39 is 0 Å². The Bertz CT molecular complexity index is 562. The van der Waals surface area contributed by atoms with E-state index in [1.165, 1.54) is 4.88 Å². The van der Waals surface area contributed by atoms with Crippen molar-refractivity contribution in [3.8, 4) is 0 Å². The first-order valence-electron chi connectivity index (χ1n) is 6.01. The molecule has 0 aromatic carbocycles. The van der Waals surface area contributed by atoms with Crippen molar-refractivity contribution in [2.24, 2.45) is 12.0 Å². The fourth-order valence-electron chi connectivity index (χ4n) is 1.63. The number of hydrogen-bond acceptors (Lipinski definition) is 4. The minimum absolute atomic E-state index is 0. The number of aliphatic imine (C=N–C) groups is 1. The van der Waals surface area contributed by atoms with Gasteiger partial charge >= 0.3 is 0 Å². The van der Waals surface area contributed by atoms with Gasteiger partial charge < -0.3 is 10.6 Å². The lowest BCUT2D eigenvalue weighted by atomic mass is 10.4. The van der Waals surface area contributed by atoms with Gasteiger partial charge in [-0.25, -0.2) is 4.98 Å². The summed E-state index contributed by atoms with van der Waals surface area (Å²) in [6, 6.07) is 1.98. The number of thiazole rings is 1. The van der Waals surface area contributed by atoms with Gasteiger partial charge in [0.2, 0.25) is 0 Å². The summed E-state index contributed by atoms with van der Waals surface area (Å²) in [6.45, 7) is 3.43. The molecule has 0 saturated heterocycles. The Morgan fingerprint density at radius 2 is 2.15 bits per heavy atom. The molecular weight excluding hydrogens is 387 g/mol. The highest BCUT2D eigenvalue weighted by atomic mass is 127. The van der Waals surface area contributed by atoms with Gasteiger partial charge in [-0.2, -0.15) is 5.10 Å². The Kier molecular flexibility index (Phi) is 6.93. The van der Waals surface area contributed by atoms with Crippen LogP contribution in [0.25, 0.3) is 0 Å². The standard InChI is InChI=1S/C12H18N6S.HI/c1-9-14-7-11(19-9)8-16-12(13-2)15-6-10-4-5-17-18(10)3;/h4-5,7H,6,8H2,1-3H3,(H2,13,15,16);1H. The van der Waals surface area contributed by atoms with E-state index >= 15 is 0 Å². The average molecular weight is 406 g/mol. The largest absolute Gasteiger partial charge is 0.351 e. The molecule has 110 valence electrons. The smallest absolute Gasteiger partial charge is 0.191 e. The maximum absolute atomic E-state index is 4.23. The summed E-state index contributed by atoms with van der Waals surface area (Å²) >= 11 is 1.69. The molecule has 20 heavy (non-hydrogen) atoms. The second-order valence-corrected chi connectivity index (χ2v) is 5.39. The highest BCUT2D eigenvalue weighted by molar-refractivity contribution is 14.0. The Morgan fingerprint density at radius 1 is 1.40 bits per heavy atom. The molecule has 2 aromatic rings. The van der Waals surface area contributed by atoms with Crippen LogP contribution in [-0.2, 0) is 20.1 Å². The zero-order chi connectivity index (χ0) is 13.7. The Labute approximate surface area is 139 Å². The van der Waals surface area contributed by atoms with Gasteiger partial charge in [-0.3, -0.25) is 9.67 Å². The van der Waals surface area contributed by atoms with Crippen LogP contribution in [0.2, 0.25) is 0 Å². The highest BCUT2D eigenvalue weighted by Crippen LogP contribution is 2.10. The summed E-state index contributed by atoms with van der Waals surface area (Å²) in [5.74, 6) is 0.771. The fraction of sp³-hybridized carbons (Fsp3) is 0.417. The van der Waals surface area contributed by atoms with E-state index in [0.29, 0.717) is 6.54 Å². The van der Waals surface area contributed by atoms with Crippen LogP contribution in [0.4, 0.5) is 0 Å². The molecule has 0 aliphatic rings. The number of hydrogen-bond donors (Lipinski definition) is 2. The van der Waals surface area contributed by atoms with E-state index in [9.17, 15) is 0 Å². The molecule has 8 heteroatoms. The molecule has 0 bridgehead atoms. The van der Waals surface area contributed by atoms with Crippen LogP contribution >= 0.6 is 35.3 Å². The highest BCUT2D eigenvalue weighted by Gasteiger charge is 2.03. The van der Waals surface area contributed by atoms with Gasteiger partial charge in [0.1, 0.15) is 0 Å². The molecular formula is C12H19IN6S. The van der Waals surface area contributed by atoms with Crippen LogP contribution in [0.1, 0.15) is 15.6 Å². The molecule has 0 aliphatic heterocycles. The van der Waals surface area contributed by atoms with Gasteiger partial charge in [-0.15, -0.1) is 35.3 Å². The molecule has 0 spiro atoms. The van der Waals surface area contributed by atoms with Crippen LogP contribution in [0, 0.1) is 6.92 Å². The molecule has 0 aliphatic carbocycles. The first-order valence-corrected chi connectivity index (χ1v) is 6.83. The molecule has 0 saturated carbocycles. The number of halogens is 1. The molecule has 2 aromatic heterocycles. The van der Waals surface area contributed by atoms with Crippen molar-refractivity contribution in [2.75, 3.05) is 7.05 Å². The predicted molar refractivity (Wildman–Crippen MR) is 92.5 cm³/mol. The van der Waals surface area contributed by atoms with Crippen LogP contribution in [0.3, 0.4) is 0 Å². The Morgan fingerprint density at radius 3 is 2.70 bits per heavy atom. The maximum Gasteiger partial charge on any atom is 0.191 e. The number of nitrogens with zero attached hydrogens (tertiary/aromatic N) is 4. The van der Waals surface area contributed by atoms with Gasteiger partial charge in [0.05, 0.1) is 23.8 Å². The van der Waals surface area contributed by atoms with E-state index in [0.717, 1.165) is 23.2 Å². The molecule has 0 unspecified atom stereocenters. The van der Waals surface area contributed by atoms with Crippen LogP contribution < -0.4 is 10.6 Å². The van der Waals surface area contributed by atoms with E-state index in [2.05, 4.69) is 25.7 Å². The van der Waals surface area contributed by atoms with E-state index in [1.807, 2.05) is 30.9 Å². The normalized spacial score (nSPS) is 11.1. The van der Waals surface area contributed by atoms with E-state index in [-0.39, 0.29) is 24.0 Å². The van der Waals surface area contributed by atoms with Crippen LogP contribution in [0.5, 0.6) is 0 Å². The predicted octanol–water partition coefficient (Wildman–Crippen LogP) is 1.67. The van der Waals surface area contributed by atoms with Gasteiger partial charge in [0.25, 0.3) is 0 Å². The average Bonchev–Trinajstić information content (AvgIpc) is 2.99. The Balaban J connectivity index is 0.00000200. The van der Waals surface area contributed by atoms with Crippen molar-refractivity contribution < 1.29 is 0 Å². The molecule has 6 nitrogen and oxygen atoms in total. The van der Waals surface area contributed by atoms with Crippen LogP contribution in [0.15, 0.2) is 23.5 Å². The van der Waals surface area contributed by atoms with Crippen molar-refractivity contribution in [1.82, 2.24) is 25.4 Å². The molecule has 2 N–H and O–H groups in total. The summed E-state index contributed by atoms with van der Waals surface area (Å²) in [6.07, 6.45) is 3.68. The molecule has 0 atom stereocenters. The summed E-state index contributed by atoms with van der Waals surface area (Å²) in [4.78, 5) is 9.61. The lowest BCUT2D eigenvalue weighted by Crippen LogP contribution is -2.36. The third-order valence-corrected chi connectivity index (χ3v) is 3.59. The topological polar surface area (TPSA) is 67.1 Å². The van der Waals surface area contributed by atoms with E-state index in [1.54, 1.807) is 24.6 Å². The van der Waals surface area contributed by atoms with Gasteiger partial charge in [-0.05, 0) is 13.0 Å². The lowest BCUT2D eigenvalue weighted by molar-refractivity contribution is 0.685. The summed E-state index contributed by atoms with van der Waals surface area (Å²) in [5.41, 5.74) is 1.11. The number of rotatable bonds is 4. The third kappa shape index (κ3) is 4.75. The van der Waals surface area contributed by atoms with Crippen molar-refractivity contribution in [2.45, 2.75) is 20.0 Å². The molecule has 2 heterocycles. The summed E-state index contributed by atoms with van der Waals surface area (Å²) in [7, 11) is 3.68. The number of nitrogens with one attached hydrogen (secondary N) is 2. The number of aryl methyl sites for hydroxylation is 2. The summed E-state index contributed by atoms with van der Waals surface area (Å²) in [5, 5.41) is 11.7. The molecule has 2 rings (SSSR count). The number of aromatic nitrogens is 3. The van der Waals surface area contributed by atoms with Gasteiger partial charge in [0.15, 0.2) is 5.96 Å².